The Kier molecular flexibility index (Phi) is 8.48. The van der Waals surface area contributed by atoms with Crippen LogP contribution in [0.25, 0.3) is 0 Å². The quantitative estimate of drug-likeness (QED) is 0.434. The number of aliphatic hydroxyl groups is 2. The van der Waals surface area contributed by atoms with Gasteiger partial charge in [-0.1, -0.05) is 24.3 Å². The molecule has 0 aromatic carbocycles. The van der Waals surface area contributed by atoms with Crippen molar-refractivity contribution in [2.45, 2.75) is 44.8 Å². The molecule has 0 spiro atoms. The Morgan fingerprint density at radius 3 is 2.56 bits per heavy atom. The van der Waals surface area contributed by atoms with Crippen molar-refractivity contribution in [3.63, 3.8) is 0 Å². The Bertz CT molecular complexity index is 243. The molecule has 0 aromatic heterocycles. The first-order chi connectivity index (χ1) is 7.52. The molecule has 0 heterocycles. The van der Waals surface area contributed by atoms with Crippen molar-refractivity contribution in [1.82, 2.24) is 0 Å². The number of allylic oxidation sites excluding steroid dienone is 3. The molecular formula is C12H20O4. The summed E-state index contributed by atoms with van der Waals surface area (Å²) < 4.78 is 0. The SMILES string of the molecule is CC(O)CCCC=CC=CC(O)CC(=O)O. The Balaban J connectivity index is 3.58. The maximum absolute atomic E-state index is 10.2. The summed E-state index contributed by atoms with van der Waals surface area (Å²) in [6.07, 6.45) is 7.86. The van der Waals surface area contributed by atoms with Gasteiger partial charge in [-0.3, -0.25) is 4.79 Å². The van der Waals surface area contributed by atoms with E-state index >= 15 is 0 Å². The van der Waals surface area contributed by atoms with E-state index in [1.807, 2.05) is 6.08 Å². The number of unbranched alkanes of at least 4 members (excludes halogenated alkanes) is 1. The molecule has 3 N–H and O–H groups in total. The van der Waals surface area contributed by atoms with Crippen LogP contribution in [0, 0.1) is 0 Å². The van der Waals surface area contributed by atoms with Crippen molar-refractivity contribution in [3.8, 4) is 0 Å². The number of rotatable bonds is 8. The van der Waals surface area contributed by atoms with E-state index in [0.717, 1.165) is 19.3 Å². The number of carboxylic acids is 1. The lowest BCUT2D eigenvalue weighted by molar-refractivity contribution is -0.138. The highest BCUT2D eigenvalue weighted by Gasteiger charge is 2.03. The molecule has 0 rings (SSSR count). The third kappa shape index (κ3) is 10.9. The van der Waals surface area contributed by atoms with E-state index in [2.05, 4.69) is 0 Å². The lowest BCUT2D eigenvalue weighted by Crippen LogP contribution is -2.09. The van der Waals surface area contributed by atoms with Gasteiger partial charge in [-0.2, -0.15) is 0 Å². The second-order valence-electron chi connectivity index (χ2n) is 3.76. The van der Waals surface area contributed by atoms with Crippen molar-refractivity contribution < 1.29 is 20.1 Å². The lowest BCUT2D eigenvalue weighted by atomic mass is 10.1. The Hall–Kier alpha value is -1.13. The first-order valence-electron chi connectivity index (χ1n) is 5.43. The number of carboxylic acid groups (broad SMARTS) is 1. The molecule has 0 bridgehead atoms. The number of hydrogen-bond acceptors (Lipinski definition) is 3. The number of aliphatic carboxylic acids is 1. The molecule has 4 heteroatoms. The fraction of sp³-hybridized carbons (Fsp3) is 0.583. The van der Waals surface area contributed by atoms with Crippen molar-refractivity contribution in [2.75, 3.05) is 0 Å². The molecule has 2 unspecified atom stereocenters. The van der Waals surface area contributed by atoms with Crippen molar-refractivity contribution in [1.29, 1.82) is 0 Å². The number of carbonyl (C=O) groups is 1. The van der Waals surface area contributed by atoms with Crippen molar-refractivity contribution in [2.24, 2.45) is 0 Å². The fourth-order valence-corrected chi connectivity index (χ4v) is 1.15. The molecule has 2 atom stereocenters. The van der Waals surface area contributed by atoms with Gasteiger partial charge in [0.1, 0.15) is 0 Å². The highest BCUT2D eigenvalue weighted by molar-refractivity contribution is 5.67. The monoisotopic (exact) mass is 228 g/mol. The van der Waals surface area contributed by atoms with Crippen LogP contribution in [0.5, 0.6) is 0 Å². The van der Waals surface area contributed by atoms with E-state index in [1.165, 1.54) is 6.08 Å². The third-order valence-electron chi connectivity index (χ3n) is 1.96. The van der Waals surface area contributed by atoms with Crippen LogP contribution in [0.2, 0.25) is 0 Å². The molecule has 0 aliphatic carbocycles. The van der Waals surface area contributed by atoms with Gasteiger partial charge in [-0.25, -0.2) is 0 Å². The number of hydrogen-bond donors (Lipinski definition) is 3. The predicted molar refractivity (Wildman–Crippen MR) is 62.1 cm³/mol. The summed E-state index contributed by atoms with van der Waals surface area (Å²) in [4.78, 5) is 10.2. The van der Waals surface area contributed by atoms with Crippen molar-refractivity contribution in [3.05, 3.63) is 24.3 Å². The van der Waals surface area contributed by atoms with Crippen LogP contribution in [-0.4, -0.2) is 33.5 Å². The van der Waals surface area contributed by atoms with Gasteiger partial charge in [0.25, 0.3) is 0 Å². The van der Waals surface area contributed by atoms with Crippen LogP contribution in [0.3, 0.4) is 0 Å². The van der Waals surface area contributed by atoms with Gasteiger partial charge in [0.05, 0.1) is 18.6 Å². The summed E-state index contributed by atoms with van der Waals surface area (Å²) in [7, 11) is 0. The van der Waals surface area contributed by atoms with Gasteiger partial charge in [-0.15, -0.1) is 0 Å². The highest BCUT2D eigenvalue weighted by atomic mass is 16.4. The molecule has 92 valence electrons. The van der Waals surface area contributed by atoms with E-state index in [0.29, 0.717) is 0 Å². The molecule has 0 fully saturated rings. The van der Waals surface area contributed by atoms with Crippen LogP contribution in [-0.2, 0) is 4.79 Å². The maximum Gasteiger partial charge on any atom is 0.306 e. The Labute approximate surface area is 95.9 Å². The van der Waals surface area contributed by atoms with Gasteiger partial charge in [0, 0.05) is 0 Å². The van der Waals surface area contributed by atoms with Gasteiger partial charge < -0.3 is 15.3 Å². The second-order valence-corrected chi connectivity index (χ2v) is 3.76. The van der Waals surface area contributed by atoms with E-state index in [4.69, 9.17) is 15.3 Å². The van der Waals surface area contributed by atoms with E-state index in [-0.39, 0.29) is 12.5 Å². The Morgan fingerprint density at radius 1 is 1.31 bits per heavy atom. The highest BCUT2D eigenvalue weighted by Crippen LogP contribution is 2.01. The molecule has 0 aliphatic heterocycles. The van der Waals surface area contributed by atoms with Crippen LogP contribution in [0.4, 0.5) is 0 Å². The van der Waals surface area contributed by atoms with Crippen molar-refractivity contribution >= 4 is 5.97 Å². The van der Waals surface area contributed by atoms with Gasteiger partial charge in [-0.05, 0) is 26.2 Å². The average Bonchev–Trinajstić information content (AvgIpc) is 2.14. The normalized spacial score (nSPS) is 15.7. The molecule has 16 heavy (non-hydrogen) atoms. The van der Waals surface area contributed by atoms with Crippen LogP contribution >= 0.6 is 0 Å². The molecule has 0 saturated carbocycles. The minimum absolute atomic E-state index is 0.263. The molecule has 0 aromatic rings. The van der Waals surface area contributed by atoms with Gasteiger partial charge in [0.15, 0.2) is 0 Å². The average molecular weight is 228 g/mol. The second kappa shape index (κ2) is 9.12. The summed E-state index contributed by atoms with van der Waals surface area (Å²) in [5.41, 5.74) is 0. The molecule has 0 aliphatic rings. The van der Waals surface area contributed by atoms with Gasteiger partial charge in [0.2, 0.25) is 0 Å². The smallest absolute Gasteiger partial charge is 0.306 e. The minimum Gasteiger partial charge on any atom is -0.481 e. The Morgan fingerprint density at radius 2 is 2.00 bits per heavy atom. The molecule has 4 nitrogen and oxygen atoms in total. The lowest BCUT2D eigenvalue weighted by Gasteiger charge is -2.00. The van der Waals surface area contributed by atoms with E-state index in [1.54, 1.807) is 19.1 Å². The minimum atomic E-state index is -1.02. The van der Waals surface area contributed by atoms with Gasteiger partial charge >= 0.3 is 5.97 Å². The van der Waals surface area contributed by atoms with Crippen LogP contribution < -0.4 is 0 Å². The molecular weight excluding hydrogens is 208 g/mol. The summed E-state index contributed by atoms with van der Waals surface area (Å²) in [5.74, 6) is -1.02. The van der Waals surface area contributed by atoms with E-state index in [9.17, 15) is 4.79 Å². The molecule has 0 radical (unpaired) electrons. The van der Waals surface area contributed by atoms with Crippen LogP contribution in [0.15, 0.2) is 24.3 Å². The zero-order valence-electron chi connectivity index (χ0n) is 9.54. The molecule has 0 amide bonds. The zero-order valence-corrected chi connectivity index (χ0v) is 9.54. The first kappa shape index (κ1) is 14.9. The zero-order chi connectivity index (χ0) is 12.4. The third-order valence-corrected chi connectivity index (χ3v) is 1.96. The largest absolute Gasteiger partial charge is 0.481 e. The predicted octanol–water partition coefficient (Wildman–Crippen LogP) is 1.49. The van der Waals surface area contributed by atoms with E-state index < -0.39 is 12.1 Å². The summed E-state index contributed by atoms with van der Waals surface area (Å²) in [6, 6.07) is 0. The first-order valence-corrected chi connectivity index (χ1v) is 5.43. The summed E-state index contributed by atoms with van der Waals surface area (Å²) in [5, 5.41) is 26.5. The molecule has 0 saturated heterocycles. The fourth-order valence-electron chi connectivity index (χ4n) is 1.15. The standard InChI is InChI=1S/C12H20O4/c1-10(13)7-5-3-2-4-6-8-11(14)9-12(15)16/h2,4,6,8,10-11,13-14H,3,5,7,9H2,1H3,(H,15,16). The summed E-state index contributed by atoms with van der Waals surface area (Å²) in [6.45, 7) is 1.76. The summed E-state index contributed by atoms with van der Waals surface area (Å²) >= 11 is 0. The number of aliphatic hydroxyl groups excluding tert-OH is 2. The van der Waals surface area contributed by atoms with Crippen LogP contribution in [0.1, 0.15) is 32.6 Å². The topological polar surface area (TPSA) is 77.8 Å². The maximum atomic E-state index is 10.2.